The monoisotopic (exact) mass is 265 g/mol. The summed E-state index contributed by atoms with van der Waals surface area (Å²) in [4.78, 5) is 4.48. The first kappa shape index (κ1) is 14.5. The van der Waals surface area contributed by atoms with Gasteiger partial charge < -0.3 is 10.3 Å². The van der Waals surface area contributed by atoms with Crippen molar-refractivity contribution >= 4 is 0 Å². The smallest absolute Gasteiger partial charge is 0.226 e. The molecule has 1 heterocycles. The molecule has 0 spiro atoms. The van der Waals surface area contributed by atoms with Gasteiger partial charge in [-0.2, -0.15) is 4.98 Å². The molecule has 1 aromatic heterocycles. The third-order valence-corrected chi connectivity index (χ3v) is 4.48. The molecule has 4 nitrogen and oxygen atoms in total. The van der Waals surface area contributed by atoms with Crippen LogP contribution in [0.5, 0.6) is 0 Å². The number of rotatable bonds is 3. The summed E-state index contributed by atoms with van der Waals surface area (Å²) in [5.41, 5.74) is 6.50. The fourth-order valence-electron chi connectivity index (χ4n) is 3.00. The molecule has 2 rings (SSSR count). The Balaban J connectivity index is 2.04. The van der Waals surface area contributed by atoms with Gasteiger partial charge in [0.2, 0.25) is 5.89 Å². The van der Waals surface area contributed by atoms with Gasteiger partial charge in [0.25, 0.3) is 0 Å². The molecule has 19 heavy (non-hydrogen) atoms. The molecule has 0 amide bonds. The Morgan fingerprint density at radius 2 is 1.95 bits per heavy atom. The zero-order valence-electron chi connectivity index (χ0n) is 12.7. The van der Waals surface area contributed by atoms with Crippen molar-refractivity contribution in [2.75, 3.05) is 0 Å². The molecule has 0 aromatic carbocycles. The fourth-order valence-corrected chi connectivity index (χ4v) is 3.00. The zero-order valence-corrected chi connectivity index (χ0v) is 12.7. The minimum absolute atomic E-state index is 0.367. The van der Waals surface area contributed by atoms with E-state index in [-0.39, 0.29) is 5.54 Å². The van der Waals surface area contributed by atoms with Crippen LogP contribution in [0.2, 0.25) is 0 Å². The minimum Gasteiger partial charge on any atom is -0.339 e. The van der Waals surface area contributed by atoms with E-state index in [1.165, 1.54) is 0 Å². The molecule has 0 bridgehead atoms. The number of aromatic nitrogens is 2. The Morgan fingerprint density at radius 1 is 1.32 bits per heavy atom. The quantitative estimate of drug-likeness (QED) is 0.909. The molecule has 0 unspecified atom stereocenters. The summed E-state index contributed by atoms with van der Waals surface area (Å²) >= 11 is 0. The predicted octanol–water partition coefficient (Wildman–Crippen LogP) is 3.41. The van der Waals surface area contributed by atoms with E-state index in [0.29, 0.717) is 11.2 Å². The Kier molecular flexibility index (Phi) is 4.00. The number of nitrogens with two attached hydrogens (primary N) is 1. The van der Waals surface area contributed by atoms with E-state index in [0.717, 1.165) is 50.3 Å². The van der Waals surface area contributed by atoms with Crippen LogP contribution in [-0.2, 0) is 12.0 Å². The molecule has 0 atom stereocenters. The lowest BCUT2D eigenvalue weighted by atomic mass is 9.67. The zero-order chi connectivity index (χ0) is 14.1. The van der Waals surface area contributed by atoms with Crippen molar-refractivity contribution in [1.29, 1.82) is 0 Å². The molecule has 0 aliphatic heterocycles. The highest BCUT2D eigenvalue weighted by molar-refractivity contribution is 5.06. The van der Waals surface area contributed by atoms with Crippen molar-refractivity contribution in [3.8, 4) is 0 Å². The van der Waals surface area contributed by atoms with Crippen LogP contribution in [0.3, 0.4) is 0 Å². The first-order valence-corrected chi connectivity index (χ1v) is 7.47. The van der Waals surface area contributed by atoms with Gasteiger partial charge in [0.15, 0.2) is 5.82 Å². The average molecular weight is 265 g/mol. The Labute approximate surface area is 116 Å². The summed E-state index contributed by atoms with van der Waals surface area (Å²) in [5.74, 6) is 2.18. The van der Waals surface area contributed by atoms with E-state index in [2.05, 4.69) is 37.8 Å². The second kappa shape index (κ2) is 5.23. The lowest BCUT2D eigenvalue weighted by Gasteiger charge is -2.40. The normalized spacial score (nSPS) is 28.6. The molecule has 0 radical (unpaired) electrons. The lowest BCUT2D eigenvalue weighted by molar-refractivity contribution is 0.128. The number of nitrogens with zero attached hydrogens (tertiary/aromatic N) is 2. The van der Waals surface area contributed by atoms with Gasteiger partial charge in [0, 0.05) is 6.42 Å². The Hall–Kier alpha value is -0.900. The highest BCUT2D eigenvalue weighted by atomic mass is 16.5. The molecular weight excluding hydrogens is 238 g/mol. The predicted molar refractivity (Wildman–Crippen MR) is 75.6 cm³/mol. The van der Waals surface area contributed by atoms with Gasteiger partial charge in [-0.3, -0.25) is 0 Å². The third kappa shape index (κ3) is 3.16. The molecule has 1 aliphatic rings. The van der Waals surface area contributed by atoms with Crippen LogP contribution in [-0.4, -0.2) is 10.1 Å². The number of hydrogen-bond donors (Lipinski definition) is 1. The van der Waals surface area contributed by atoms with Gasteiger partial charge in [-0.1, -0.05) is 32.9 Å². The van der Waals surface area contributed by atoms with Crippen molar-refractivity contribution in [3.63, 3.8) is 0 Å². The van der Waals surface area contributed by atoms with Crippen LogP contribution in [0.25, 0.3) is 0 Å². The largest absolute Gasteiger partial charge is 0.339 e. The van der Waals surface area contributed by atoms with Gasteiger partial charge in [-0.15, -0.1) is 0 Å². The molecule has 1 aromatic rings. The van der Waals surface area contributed by atoms with E-state index >= 15 is 0 Å². The fraction of sp³-hybridized carbons (Fsp3) is 0.867. The minimum atomic E-state index is -0.378. The molecule has 0 saturated heterocycles. The SMILES string of the molecule is CCCc1nc(C2(N)CCC(C(C)(C)C)CC2)no1. The molecule has 1 fully saturated rings. The van der Waals surface area contributed by atoms with Crippen LogP contribution in [0.1, 0.15) is 71.5 Å². The molecule has 4 heteroatoms. The van der Waals surface area contributed by atoms with E-state index < -0.39 is 0 Å². The number of hydrogen-bond acceptors (Lipinski definition) is 4. The van der Waals surface area contributed by atoms with Crippen molar-refractivity contribution in [1.82, 2.24) is 10.1 Å². The van der Waals surface area contributed by atoms with Gasteiger partial charge in [0.05, 0.1) is 5.54 Å². The Bertz CT molecular complexity index is 411. The van der Waals surface area contributed by atoms with Crippen LogP contribution in [0.4, 0.5) is 0 Å². The summed E-state index contributed by atoms with van der Waals surface area (Å²) < 4.78 is 5.28. The molecule has 108 valence electrons. The lowest BCUT2D eigenvalue weighted by Crippen LogP contribution is -2.43. The molecule has 2 N–H and O–H groups in total. The maximum Gasteiger partial charge on any atom is 0.226 e. The summed E-state index contributed by atoms with van der Waals surface area (Å²) in [7, 11) is 0. The summed E-state index contributed by atoms with van der Waals surface area (Å²) in [6.07, 6.45) is 6.08. The van der Waals surface area contributed by atoms with Gasteiger partial charge >= 0.3 is 0 Å². The molecular formula is C15H27N3O. The van der Waals surface area contributed by atoms with Crippen LogP contribution in [0, 0.1) is 11.3 Å². The van der Waals surface area contributed by atoms with Crippen LogP contribution >= 0.6 is 0 Å². The Morgan fingerprint density at radius 3 is 2.47 bits per heavy atom. The summed E-state index contributed by atoms with van der Waals surface area (Å²) in [5, 5.41) is 4.11. The van der Waals surface area contributed by atoms with Gasteiger partial charge in [-0.05, 0) is 43.4 Å². The van der Waals surface area contributed by atoms with Crippen LogP contribution < -0.4 is 5.73 Å². The summed E-state index contributed by atoms with van der Waals surface area (Å²) in [6.45, 7) is 9.05. The first-order valence-electron chi connectivity index (χ1n) is 7.47. The maximum atomic E-state index is 6.51. The van der Waals surface area contributed by atoms with E-state index in [1.54, 1.807) is 0 Å². The molecule has 1 saturated carbocycles. The van der Waals surface area contributed by atoms with Crippen molar-refractivity contribution < 1.29 is 4.52 Å². The van der Waals surface area contributed by atoms with E-state index in [9.17, 15) is 0 Å². The third-order valence-electron chi connectivity index (χ3n) is 4.48. The first-order chi connectivity index (χ1) is 8.85. The molecule has 1 aliphatic carbocycles. The van der Waals surface area contributed by atoms with Crippen molar-refractivity contribution in [3.05, 3.63) is 11.7 Å². The topological polar surface area (TPSA) is 64.9 Å². The van der Waals surface area contributed by atoms with Crippen LogP contribution in [0.15, 0.2) is 4.52 Å². The summed E-state index contributed by atoms with van der Waals surface area (Å²) in [6, 6.07) is 0. The maximum absolute atomic E-state index is 6.51. The standard InChI is InChI=1S/C15H27N3O/c1-5-6-12-17-13(18-19-12)15(16)9-7-11(8-10-15)14(2,3)4/h11H,5-10,16H2,1-4H3. The highest BCUT2D eigenvalue weighted by Gasteiger charge is 2.40. The number of aryl methyl sites for hydroxylation is 1. The van der Waals surface area contributed by atoms with E-state index in [1.807, 2.05) is 0 Å². The highest BCUT2D eigenvalue weighted by Crippen LogP contribution is 2.43. The van der Waals surface area contributed by atoms with Gasteiger partial charge in [0.1, 0.15) is 0 Å². The average Bonchev–Trinajstić information content (AvgIpc) is 2.78. The van der Waals surface area contributed by atoms with E-state index in [4.69, 9.17) is 10.3 Å². The van der Waals surface area contributed by atoms with Crippen molar-refractivity contribution in [2.24, 2.45) is 17.1 Å². The second-order valence-electron chi connectivity index (χ2n) is 7.06. The van der Waals surface area contributed by atoms with Gasteiger partial charge in [-0.25, -0.2) is 0 Å². The van der Waals surface area contributed by atoms with Crippen molar-refractivity contribution in [2.45, 2.75) is 71.8 Å². The second-order valence-corrected chi connectivity index (χ2v) is 7.06.